The molecule has 0 fully saturated rings. The Hall–Kier alpha value is -1.42. The molecule has 1 heterocycles. The van der Waals surface area contributed by atoms with Gasteiger partial charge in [0, 0.05) is 37.5 Å². The van der Waals surface area contributed by atoms with Crippen molar-refractivity contribution in [3.8, 4) is 11.8 Å². The van der Waals surface area contributed by atoms with Crippen LogP contribution in [0.5, 0.6) is 0 Å². The number of nitrogens with zero attached hydrogens (tertiary/aromatic N) is 2. The first-order valence-electron chi connectivity index (χ1n) is 7.11. The number of sulfonamides is 1. The monoisotopic (exact) mass is 310 g/mol. The molecular weight excluding hydrogens is 288 g/mol. The fourth-order valence-corrected chi connectivity index (χ4v) is 3.26. The van der Waals surface area contributed by atoms with Gasteiger partial charge in [0.2, 0.25) is 10.0 Å². The zero-order valence-corrected chi connectivity index (χ0v) is 13.4. The quantitative estimate of drug-likeness (QED) is 0.777. The highest BCUT2D eigenvalue weighted by Crippen LogP contribution is 2.16. The topological polar surface area (TPSA) is 70.5 Å². The zero-order chi connectivity index (χ0) is 15.7. The maximum absolute atomic E-state index is 12.5. The van der Waals surface area contributed by atoms with Gasteiger partial charge < -0.3 is 5.11 Å². The number of unbranched alkanes of at least 4 members (excludes halogenated alkanes) is 1. The highest BCUT2D eigenvalue weighted by atomic mass is 32.2. The molecule has 1 N–H and O–H groups in total. The molecule has 1 aromatic rings. The van der Waals surface area contributed by atoms with Gasteiger partial charge in [-0.2, -0.15) is 4.31 Å². The Kier molecular flexibility index (Phi) is 7.37. The minimum atomic E-state index is -3.52. The lowest BCUT2D eigenvalue weighted by Crippen LogP contribution is -2.32. The van der Waals surface area contributed by atoms with Gasteiger partial charge in [-0.05, 0) is 12.5 Å². The van der Waals surface area contributed by atoms with Crippen LogP contribution in [0.1, 0.15) is 38.7 Å². The highest BCUT2D eigenvalue weighted by Gasteiger charge is 2.22. The maximum atomic E-state index is 12.5. The van der Waals surface area contributed by atoms with Crippen LogP contribution < -0.4 is 0 Å². The molecule has 0 saturated heterocycles. The average molecular weight is 310 g/mol. The third-order valence-corrected chi connectivity index (χ3v) is 4.87. The Morgan fingerprint density at radius 1 is 1.33 bits per heavy atom. The van der Waals surface area contributed by atoms with E-state index in [9.17, 15) is 8.42 Å². The number of aliphatic hydroxyl groups excluding tert-OH is 1. The summed E-state index contributed by atoms with van der Waals surface area (Å²) in [5, 5.41) is 8.69. The molecule has 0 amide bonds. The van der Waals surface area contributed by atoms with Crippen LogP contribution in [0, 0.1) is 11.8 Å². The molecule has 21 heavy (non-hydrogen) atoms. The van der Waals surface area contributed by atoms with Crippen LogP contribution in [0.2, 0.25) is 0 Å². The molecule has 0 bridgehead atoms. The molecule has 0 spiro atoms. The number of rotatable bonds is 7. The van der Waals surface area contributed by atoms with Gasteiger partial charge in [-0.25, -0.2) is 8.42 Å². The van der Waals surface area contributed by atoms with Gasteiger partial charge in [-0.3, -0.25) is 4.98 Å². The molecule has 0 saturated carbocycles. The number of pyridine rings is 1. The summed E-state index contributed by atoms with van der Waals surface area (Å²) in [6, 6.07) is 1.53. The smallest absolute Gasteiger partial charge is 0.244 e. The van der Waals surface area contributed by atoms with Crippen LogP contribution in [0.25, 0.3) is 0 Å². The average Bonchev–Trinajstić information content (AvgIpc) is 2.48. The second-order valence-corrected chi connectivity index (χ2v) is 6.47. The maximum Gasteiger partial charge on any atom is 0.244 e. The predicted molar refractivity (Wildman–Crippen MR) is 82.2 cm³/mol. The van der Waals surface area contributed by atoms with Crippen LogP contribution in [0.15, 0.2) is 23.4 Å². The summed E-state index contributed by atoms with van der Waals surface area (Å²) in [4.78, 5) is 4.12. The van der Waals surface area contributed by atoms with Crippen molar-refractivity contribution < 1.29 is 13.5 Å². The van der Waals surface area contributed by atoms with E-state index >= 15 is 0 Å². The number of hydrogen-bond acceptors (Lipinski definition) is 4. The van der Waals surface area contributed by atoms with E-state index in [1.807, 2.05) is 13.8 Å². The van der Waals surface area contributed by atoms with Gasteiger partial charge >= 0.3 is 0 Å². The highest BCUT2D eigenvalue weighted by molar-refractivity contribution is 7.89. The molecule has 1 rings (SSSR count). The van der Waals surface area contributed by atoms with E-state index in [4.69, 9.17) is 5.11 Å². The zero-order valence-electron chi connectivity index (χ0n) is 12.5. The Bertz CT molecular complexity index is 603. The standard InChI is InChI=1S/C15H22N2O3S/c1-3-5-9-17(4-2)21(19,20)15-11-14(12-16-13-15)8-6-7-10-18/h11-13,18H,3-5,7,9-10H2,1-2H3. The van der Waals surface area contributed by atoms with Crippen molar-refractivity contribution in [3.05, 3.63) is 24.0 Å². The molecule has 0 unspecified atom stereocenters. The number of hydrogen-bond donors (Lipinski definition) is 1. The number of aromatic nitrogens is 1. The Morgan fingerprint density at radius 2 is 2.10 bits per heavy atom. The largest absolute Gasteiger partial charge is 0.395 e. The molecule has 5 nitrogen and oxygen atoms in total. The molecule has 0 aliphatic rings. The minimum absolute atomic E-state index is 0.0148. The van der Waals surface area contributed by atoms with Gasteiger partial charge in [-0.1, -0.05) is 32.1 Å². The van der Waals surface area contributed by atoms with Crippen molar-refractivity contribution in [1.82, 2.24) is 9.29 Å². The molecule has 0 radical (unpaired) electrons. The van der Waals surface area contributed by atoms with Crippen molar-refractivity contribution in [2.24, 2.45) is 0 Å². The first-order chi connectivity index (χ1) is 10.1. The summed E-state index contributed by atoms with van der Waals surface area (Å²) >= 11 is 0. The normalized spacial score (nSPS) is 11.2. The van der Waals surface area contributed by atoms with Gasteiger partial charge in [0.1, 0.15) is 4.90 Å². The van der Waals surface area contributed by atoms with Gasteiger partial charge in [0.05, 0.1) is 6.61 Å². The van der Waals surface area contributed by atoms with Crippen molar-refractivity contribution in [2.75, 3.05) is 19.7 Å². The fourth-order valence-electron chi connectivity index (χ4n) is 1.78. The first-order valence-corrected chi connectivity index (χ1v) is 8.55. The summed E-state index contributed by atoms with van der Waals surface area (Å²) in [5.41, 5.74) is 0.538. The van der Waals surface area contributed by atoms with Crippen LogP contribution >= 0.6 is 0 Å². The van der Waals surface area contributed by atoms with Crippen LogP contribution in [-0.4, -0.2) is 42.5 Å². The third-order valence-electron chi connectivity index (χ3n) is 2.93. The van der Waals surface area contributed by atoms with Gasteiger partial charge in [-0.15, -0.1) is 0 Å². The molecule has 0 aromatic carbocycles. The Morgan fingerprint density at radius 3 is 2.71 bits per heavy atom. The van der Waals surface area contributed by atoms with E-state index in [1.165, 1.54) is 22.8 Å². The fraction of sp³-hybridized carbons (Fsp3) is 0.533. The molecule has 0 aliphatic heterocycles. The van der Waals surface area contributed by atoms with Gasteiger partial charge in [0.25, 0.3) is 0 Å². The number of aliphatic hydroxyl groups is 1. The summed E-state index contributed by atoms with van der Waals surface area (Å²) in [6.07, 6.45) is 4.99. The molecule has 1 aromatic heterocycles. The van der Waals surface area contributed by atoms with Crippen molar-refractivity contribution >= 4 is 10.0 Å². The first kappa shape index (κ1) is 17.6. The van der Waals surface area contributed by atoms with Crippen LogP contribution in [0.4, 0.5) is 0 Å². The van der Waals surface area contributed by atoms with E-state index in [1.54, 1.807) is 0 Å². The molecule has 6 heteroatoms. The predicted octanol–water partition coefficient (Wildman–Crippen LogP) is 1.63. The summed E-state index contributed by atoms with van der Waals surface area (Å²) in [5.74, 6) is 5.56. The summed E-state index contributed by atoms with van der Waals surface area (Å²) in [6.45, 7) is 4.78. The second kappa shape index (κ2) is 8.78. The van der Waals surface area contributed by atoms with Crippen LogP contribution in [0.3, 0.4) is 0 Å². The lowest BCUT2D eigenvalue weighted by atomic mass is 10.3. The minimum Gasteiger partial charge on any atom is -0.395 e. The third kappa shape index (κ3) is 5.12. The van der Waals surface area contributed by atoms with Crippen molar-refractivity contribution in [3.63, 3.8) is 0 Å². The van der Waals surface area contributed by atoms with Crippen LogP contribution in [-0.2, 0) is 10.0 Å². The van der Waals surface area contributed by atoms with Crippen molar-refractivity contribution in [2.45, 2.75) is 38.0 Å². The molecular formula is C15H22N2O3S. The van der Waals surface area contributed by atoms with E-state index in [2.05, 4.69) is 16.8 Å². The Balaban J connectivity index is 3.03. The molecule has 0 atom stereocenters. The van der Waals surface area contributed by atoms with E-state index in [0.717, 1.165) is 12.8 Å². The second-order valence-electron chi connectivity index (χ2n) is 4.53. The van der Waals surface area contributed by atoms with E-state index < -0.39 is 10.0 Å². The molecule has 0 aliphatic carbocycles. The SMILES string of the molecule is CCCCN(CC)S(=O)(=O)c1cncc(C#CCCO)c1. The van der Waals surface area contributed by atoms with E-state index in [0.29, 0.717) is 25.1 Å². The van der Waals surface area contributed by atoms with Gasteiger partial charge in [0.15, 0.2) is 0 Å². The van der Waals surface area contributed by atoms with Crippen molar-refractivity contribution in [1.29, 1.82) is 0 Å². The summed E-state index contributed by atoms with van der Waals surface area (Å²) < 4.78 is 26.6. The Labute approximate surface area is 127 Å². The van der Waals surface area contributed by atoms with E-state index in [-0.39, 0.29) is 11.5 Å². The molecule has 116 valence electrons. The lowest BCUT2D eigenvalue weighted by molar-refractivity contribution is 0.305. The lowest BCUT2D eigenvalue weighted by Gasteiger charge is -2.20. The summed E-state index contributed by atoms with van der Waals surface area (Å²) in [7, 11) is -3.52.